The van der Waals surface area contributed by atoms with E-state index >= 15 is 0 Å². The Morgan fingerprint density at radius 2 is 1.92 bits per heavy atom. The lowest BCUT2D eigenvalue weighted by atomic mass is 9.45. The standard InChI is InChI=1S/C39H47FN6O3/c1-24-21-45(16-15-41-24)38(44-33-18-27-17-31(25(33)2)39(27,3)4)42-28-11-13-30-34(19-28)43-36(23-49-35-14-12-29(48-5)20-32(35)40)46(37(30)47)22-26-9-7-6-8-10-26/h6-14,19-20,24-25,27,31,33,41H,15-18,21-23H2,1-5H3,(H,42,44)/t24-,25-,27+,31-,33-/m0/s1. The van der Waals surface area contributed by atoms with Crippen molar-refractivity contribution >= 4 is 22.5 Å². The number of rotatable bonds is 8. The van der Waals surface area contributed by atoms with E-state index in [1.807, 2.05) is 48.5 Å². The number of piperazine rings is 1. The highest BCUT2D eigenvalue weighted by Gasteiger charge is 2.56. The monoisotopic (exact) mass is 666 g/mol. The topological polar surface area (TPSA) is 93.0 Å². The van der Waals surface area contributed by atoms with Crippen molar-refractivity contribution in [2.24, 2.45) is 28.2 Å². The molecule has 10 heteroatoms. The van der Waals surface area contributed by atoms with E-state index in [2.05, 4.69) is 43.2 Å². The van der Waals surface area contributed by atoms with Gasteiger partial charge in [-0.05, 0) is 78.8 Å². The fourth-order valence-corrected chi connectivity index (χ4v) is 8.15. The van der Waals surface area contributed by atoms with Crippen LogP contribution in [-0.4, -0.2) is 59.2 Å². The molecule has 4 aliphatic rings. The molecule has 4 aromatic rings. The van der Waals surface area contributed by atoms with Gasteiger partial charge in [0, 0.05) is 37.4 Å². The predicted octanol–water partition coefficient (Wildman–Crippen LogP) is 6.30. The number of guanidine groups is 1. The number of nitrogens with zero attached hydrogens (tertiary/aromatic N) is 4. The molecule has 258 valence electrons. The number of fused-ring (bicyclic) bond motifs is 3. The number of hydrogen-bond acceptors (Lipinski definition) is 6. The molecule has 3 aliphatic carbocycles. The van der Waals surface area contributed by atoms with Gasteiger partial charge in [-0.25, -0.2) is 14.4 Å². The summed E-state index contributed by atoms with van der Waals surface area (Å²) < 4.78 is 27.5. The maximum atomic E-state index is 14.8. The molecular weight excluding hydrogens is 619 g/mol. The highest BCUT2D eigenvalue weighted by Crippen LogP contribution is 2.61. The molecule has 0 amide bonds. The molecule has 1 saturated heterocycles. The lowest BCUT2D eigenvalue weighted by Crippen LogP contribution is -2.57. The molecule has 0 unspecified atom stereocenters. The molecule has 49 heavy (non-hydrogen) atoms. The van der Waals surface area contributed by atoms with Gasteiger partial charge in [0.25, 0.3) is 5.56 Å². The van der Waals surface area contributed by atoms with Crippen molar-refractivity contribution in [2.45, 2.75) is 65.8 Å². The summed E-state index contributed by atoms with van der Waals surface area (Å²) in [4.78, 5) is 26.8. The minimum absolute atomic E-state index is 0.0564. The quantitative estimate of drug-likeness (QED) is 0.168. The molecule has 2 heterocycles. The molecule has 0 radical (unpaired) electrons. The van der Waals surface area contributed by atoms with Crippen molar-refractivity contribution in [3.63, 3.8) is 0 Å². The number of methoxy groups -OCH3 is 1. The Hall–Kier alpha value is -4.44. The van der Waals surface area contributed by atoms with Gasteiger partial charge >= 0.3 is 0 Å². The van der Waals surface area contributed by atoms with Crippen LogP contribution in [0.5, 0.6) is 11.5 Å². The van der Waals surface area contributed by atoms with Gasteiger partial charge in [-0.1, -0.05) is 51.1 Å². The van der Waals surface area contributed by atoms with Gasteiger partial charge in [-0.3, -0.25) is 9.36 Å². The molecule has 4 fully saturated rings. The number of nitrogens with one attached hydrogen (secondary N) is 2. The molecule has 8 rings (SSSR count). The van der Waals surface area contributed by atoms with Crippen molar-refractivity contribution in [3.05, 3.63) is 94.3 Å². The van der Waals surface area contributed by atoms with E-state index < -0.39 is 5.82 Å². The van der Waals surface area contributed by atoms with Crippen molar-refractivity contribution in [3.8, 4) is 11.5 Å². The lowest BCUT2D eigenvalue weighted by molar-refractivity contribution is -0.108. The summed E-state index contributed by atoms with van der Waals surface area (Å²) >= 11 is 0. The summed E-state index contributed by atoms with van der Waals surface area (Å²) in [5, 5.41) is 7.70. The Morgan fingerprint density at radius 3 is 2.63 bits per heavy atom. The van der Waals surface area contributed by atoms with Gasteiger partial charge in [0.05, 0.1) is 30.6 Å². The van der Waals surface area contributed by atoms with Crippen LogP contribution >= 0.6 is 0 Å². The summed E-state index contributed by atoms with van der Waals surface area (Å²) in [6.45, 7) is 12.2. The average molecular weight is 667 g/mol. The van der Waals surface area contributed by atoms with Gasteiger partial charge in [0.2, 0.25) is 0 Å². The van der Waals surface area contributed by atoms with E-state index in [4.69, 9.17) is 19.5 Å². The van der Waals surface area contributed by atoms with Crippen molar-refractivity contribution in [1.82, 2.24) is 19.8 Å². The van der Waals surface area contributed by atoms with E-state index in [-0.39, 0.29) is 24.0 Å². The maximum Gasteiger partial charge on any atom is 0.261 e. The maximum absolute atomic E-state index is 14.8. The summed E-state index contributed by atoms with van der Waals surface area (Å²) in [6, 6.07) is 20.5. The zero-order valence-electron chi connectivity index (χ0n) is 29.1. The van der Waals surface area contributed by atoms with Gasteiger partial charge in [-0.15, -0.1) is 0 Å². The summed E-state index contributed by atoms with van der Waals surface area (Å²) in [6.07, 6.45) is 2.42. The second kappa shape index (κ2) is 13.5. The highest BCUT2D eigenvalue weighted by atomic mass is 19.1. The number of ether oxygens (including phenoxy) is 2. The van der Waals surface area contributed by atoms with Crippen LogP contribution in [-0.2, 0) is 13.2 Å². The molecule has 5 atom stereocenters. The summed E-state index contributed by atoms with van der Waals surface area (Å²) in [5.41, 5.74) is 2.50. The second-order valence-electron chi connectivity index (χ2n) is 14.6. The molecule has 9 nitrogen and oxygen atoms in total. The minimum Gasteiger partial charge on any atom is -0.497 e. The number of halogens is 1. The zero-order chi connectivity index (χ0) is 34.3. The van der Waals surface area contributed by atoms with Gasteiger partial charge in [0.1, 0.15) is 12.4 Å². The molecule has 3 aromatic carbocycles. The third kappa shape index (κ3) is 6.63. The Kier molecular flexibility index (Phi) is 9.09. The van der Waals surface area contributed by atoms with Crippen LogP contribution in [0.3, 0.4) is 0 Å². The van der Waals surface area contributed by atoms with Crippen LogP contribution in [0, 0.1) is 29.0 Å². The fraction of sp³-hybridized carbons (Fsp3) is 0.462. The SMILES string of the molecule is COc1ccc(OCc2nc3cc(NC(=N[C@H]4C[C@H]5C[C@@H]([C@@H]4C)C5(C)C)N4CCN[C@@H](C)C4)ccc3c(=O)n2Cc2ccccc2)c(F)c1. The summed E-state index contributed by atoms with van der Waals surface area (Å²) in [5.74, 6) is 3.09. The lowest BCUT2D eigenvalue weighted by Gasteiger charge is -2.61. The first-order valence-corrected chi connectivity index (χ1v) is 17.5. The molecule has 3 saturated carbocycles. The van der Waals surface area contributed by atoms with Crippen LogP contribution < -0.4 is 25.7 Å². The van der Waals surface area contributed by atoms with E-state index in [1.54, 1.807) is 10.6 Å². The Balaban J connectivity index is 1.22. The number of hydrogen-bond donors (Lipinski definition) is 2. The van der Waals surface area contributed by atoms with E-state index in [1.165, 1.54) is 25.7 Å². The van der Waals surface area contributed by atoms with Crippen LogP contribution in [0.25, 0.3) is 10.9 Å². The molecular formula is C39H47FN6O3. The Morgan fingerprint density at radius 1 is 1.10 bits per heavy atom. The molecule has 2 N–H and O–H groups in total. The van der Waals surface area contributed by atoms with Crippen molar-refractivity contribution in [2.75, 3.05) is 32.1 Å². The third-order valence-electron chi connectivity index (χ3n) is 11.2. The van der Waals surface area contributed by atoms with Gasteiger partial charge < -0.3 is 25.0 Å². The Labute approximate surface area is 287 Å². The second-order valence-corrected chi connectivity index (χ2v) is 14.6. The first-order chi connectivity index (χ1) is 23.6. The third-order valence-corrected chi connectivity index (χ3v) is 11.2. The number of anilines is 1. The van der Waals surface area contributed by atoms with E-state index in [0.717, 1.165) is 43.3 Å². The zero-order valence-corrected chi connectivity index (χ0v) is 29.1. The number of aliphatic imine (C=N–C) groups is 1. The number of aromatic nitrogens is 2. The number of benzene rings is 3. The molecule has 0 spiro atoms. The van der Waals surface area contributed by atoms with Crippen LogP contribution in [0.2, 0.25) is 0 Å². The minimum atomic E-state index is -0.550. The van der Waals surface area contributed by atoms with E-state index in [9.17, 15) is 9.18 Å². The predicted molar refractivity (Wildman–Crippen MR) is 192 cm³/mol. The van der Waals surface area contributed by atoms with Gasteiger partial charge in [-0.2, -0.15) is 0 Å². The molecule has 1 aromatic heterocycles. The van der Waals surface area contributed by atoms with E-state index in [0.29, 0.717) is 58.2 Å². The highest BCUT2D eigenvalue weighted by molar-refractivity contribution is 5.96. The first-order valence-electron chi connectivity index (χ1n) is 17.5. The first kappa shape index (κ1) is 33.1. The normalized spacial score (nSPS) is 24.7. The smallest absolute Gasteiger partial charge is 0.261 e. The average Bonchev–Trinajstić information content (AvgIpc) is 3.09. The Bertz CT molecular complexity index is 1910. The summed E-state index contributed by atoms with van der Waals surface area (Å²) in [7, 11) is 1.48. The fourth-order valence-electron chi connectivity index (χ4n) is 8.15. The van der Waals surface area contributed by atoms with Crippen LogP contribution in [0.1, 0.15) is 51.9 Å². The van der Waals surface area contributed by atoms with Crippen LogP contribution in [0.4, 0.5) is 10.1 Å². The molecule has 1 aliphatic heterocycles. The molecule has 2 bridgehead atoms. The largest absolute Gasteiger partial charge is 0.497 e. The van der Waals surface area contributed by atoms with Gasteiger partial charge in [0.15, 0.2) is 23.4 Å². The van der Waals surface area contributed by atoms with Crippen molar-refractivity contribution in [1.29, 1.82) is 0 Å². The van der Waals surface area contributed by atoms with Crippen molar-refractivity contribution < 1.29 is 13.9 Å². The van der Waals surface area contributed by atoms with Crippen LogP contribution in [0.15, 0.2) is 76.5 Å².